The maximum absolute atomic E-state index is 12.7. The van der Waals surface area contributed by atoms with Gasteiger partial charge in [0.2, 0.25) is 0 Å². The highest BCUT2D eigenvalue weighted by atomic mass is 32.1. The minimum atomic E-state index is -0.870. The molecule has 4 rings (SSSR count). The van der Waals surface area contributed by atoms with Crippen molar-refractivity contribution in [2.75, 3.05) is 12.4 Å². The topological polar surface area (TPSA) is 77.5 Å². The van der Waals surface area contributed by atoms with Gasteiger partial charge in [-0.2, -0.15) is 0 Å². The number of methoxy groups -OCH3 is 1. The normalized spacial score (nSPS) is 13.9. The Kier molecular flexibility index (Phi) is 6.67. The number of carbonyl (C=O) groups is 2. The molecule has 2 heterocycles. The Morgan fingerprint density at radius 2 is 2.03 bits per heavy atom. The molecule has 1 unspecified atom stereocenters. The molecule has 31 heavy (non-hydrogen) atoms. The standard InChI is InChI=1S/C23H24N2O4S2/c1-3-17(29-22(27)20-12-14-8-4-7-11-19(14)31-20)21(26)25-23-24-16(13-30-23)15-9-5-6-10-18(15)28-2/h5-6,9-10,12-13,17H,3-4,7-8,11H2,1-2H3,(H,24,25,26). The number of hydrogen-bond donors (Lipinski definition) is 1. The number of ether oxygens (including phenoxy) is 2. The summed E-state index contributed by atoms with van der Waals surface area (Å²) in [6.45, 7) is 1.82. The molecule has 1 amide bonds. The van der Waals surface area contributed by atoms with Crippen molar-refractivity contribution in [1.29, 1.82) is 0 Å². The first-order valence-electron chi connectivity index (χ1n) is 10.3. The molecule has 1 N–H and O–H groups in total. The van der Waals surface area contributed by atoms with Crippen LogP contribution in [0.15, 0.2) is 35.7 Å². The van der Waals surface area contributed by atoms with Crippen LogP contribution in [0, 0.1) is 0 Å². The van der Waals surface area contributed by atoms with Gasteiger partial charge in [-0.1, -0.05) is 19.1 Å². The lowest BCUT2D eigenvalue weighted by atomic mass is 9.99. The predicted octanol–water partition coefficient (Wildman–Crippen LogP) is 5.33. The second-order valence-electron chi connectivity index (χ2n) is 7.30. The summed E-state index contributed by atoms with van der Waals surface area (Å²) in [6.07, 6.45) is 3.85. The van der Waals surface area contributed by atoms with Crippen LogP contribution < -0.4 is 10.1 Å². The molecule has 0 saturated carbocycles. The number of amides is 1. The molecule has 0 saturated heterocycles. The van der Waals surface area contributed by atoms with Crippen LogP contribution in [0.3, 0.4) is 0 Å². The minimum absolute atomic E-state index is 0.377. The number of benzene rings is 1. The van der Waals surface area contributed by atoms with Gasteiger partial charge in [-0.05, 0) is 55.9 Å². The fraction of sp³-hybridized carbons (Fsp3) is 0.348. The van der Waals surface area contributed by atoms with E-state index in [0.717, 1.165) is 31.2 Å². The smallest absolute Gasteiger partial charge is 0.349 e. The first-order chi connectivity index (χ1) is 15.1. The molecule has 6 nitrogen and oxygen atoms in total. The summed E-state index contributed by atoms with van der Waals surface area (Å²) in [5.41, 5.74) is 2.81. The molecule has 1 aliphatic carbocycles. The molecule has 1 aromatic carbocycles. The fourth-order valence-electron chi connectivity index (χ4n) is 3.60. The van der Waals surface area contributed by atoms with Gasteiger partial charge in [0.05, 0.1) is 12.8 Å². The molecule has 2 aromatic heterocycles. The number of nitrogens with zero attached hydrogens (tertiary/aromatic N) is 1. The molecule has 0 spiro atoms. The lowest BCUT2D eigenvalue weighted by Crippen LogP contribution is -2.31. The van der Waals surface area contributed by atoms with Crippen molar-refractivity contribution in [3.8, 4) is 17.0 Å². The van der Waals surface area contributed by atoms with E-state index in [0.29, 0.717) is 27.9 Å². The van der Waals surface area contributed by atoms with Crippen LogP contribution >= 0.6 is 22.7 Å². The third-order valence-corrected chi connectivity index (χ3v) is 7.20. The molecular formula is C23H24N2O4S2. The number of fused-ring (bicyclic) bond motifs is 1. The third-order valence-electron chi connectivity index (χ3n) is 5.23. The molecule has 8 heteroatoms. The number of thiophene rings is 1. The highest BCUT2D eigenvalue weighted by Gasteiger charge is 2.25. The van der Waals surface area contributed by atoms with Crippen LogP contribution in [0.1, 0.15) is 46.3 Å². The van der Waals surface area contributed by atoms with Gasteiger partial charge in [0.25, 0.3) is 5.91 Å². The summed E-state index contributed by atoms with van der Waals surface area (Å²) in [7, 11) is 1.61. The Bertz CT molecular complexity index is 1070. The summed E-state index contributed by atoms with van der Waals surface area (Å²) in [5, 5.41) is 5.09. The lowest BCUT2D eigenvalue weighted by molar-refractivity contribution is -0.124. The van der Waals surface area contributed by atoms with Crippen molar-refractivity contribution >= 4 is 39.7 Å². The zero-order chi connectivity index (χ0) is 21.8. The minimum Gasteiger partial charge on any atom is -0.496 e. The van der Waals surface area contributed by atoms with Crippen molar-refractivity contribution < 1.29 is 19.1 Å². The molecule has 0 radical (unpaired) electrons. The van der Waals surface area contributed by atoms with Gasteiger partial charge in [0.15, 0.2) is 11.2 Å². The number of nitrogens with one attached hydrogen (secondary N) is 1. The van der Waals surface area contributed by atoms with Crippen molar-refractivity contribution in [3.05, 3.63) is 51.0 Å². The fourth-order valence-corrected chi connectivity index (χ4v) is 5.45. The second kappa shape index (κ2) is 9.62. The van der Waals surface area contributed by atoms with Gasteiger partial charge >= 0.3 is 5.97 Å². The Morgan fingerprint density at radius 1 is 1.23 bits per heavy atom. The van der Waals surface area contributed by atoms with Crippen LogP contribution in [0.25, 0.3) is 11.3 Å². The lowest BCUT2D eigenvalue weighted by Gasteiger charge is -2.14. The maximum atomic E-state index is 12.7. The summed E-state index contributed by atoms with van der Waals surface area (Å²) < 4.78 is 10.9. The predicted molar refractivity (Wildman–Crippen MR) is 123 cm³/mol. The van der Waals surface area contributed by atoms with E-state index in [2.05, 4.69) is 10.3 Å². The highest BCUT2D eigenvalue weighted by molar-refractivity contribution is 7.14. The number of hydrogen-bond acceptors (Lipinski definition) is 7. The summed E-state index contributed by atoms with van der Waals surface area (Å²) in [5.74, 6) is -0.0990. The number of rotatable bonds is 7. The Labute approximate surface area is 189 Å². The molecule has 1 atom stereocenters. The number of carbonyl (C=O) groups excluding carboxylic acids is 2. The van der Waals surface area contributed by atoms with Crippen molar-refractivity contribution in [2.45, 2.75) is 45.1 Å². The van der Waals surface area contributed by atoms with Crippen molar-refractivity contribution in [2.24, 2.45) is 0 Å². The first-order valence-corrected chi connectivity index (χ1v) is 12.0. The van der Waals surface area contributed by atoms with Crippen LogP contribution in [0.2, 0.25) is 0 Å². The van der Waals surface area contributed by atoms with E-state index in [9.17, 15) is 9.59 Å². The van der Waals surface area contributed by atoms with Crippen molar-refractivity contribution in [1.82, 2.24) is 4.98 Å². The summed E-state index contributed by atoms with van der Waals surface area (Å²) in [4.78, 5) is 31.7. The monoisotopic (exact) mass is 456 g/mol. The number of para-hydroxylation sites is 1. The molecular weight excluding hydrogens is 432 g/mol. The van der Waals surface area contributed by atoms with E-state index in [1.807, 2.05) is 42.6 Å². The summed E-state index contributed by atoms with van der Waals surface area (Å²) in [6, 6.07) is 9.50. The molecule has 1 aliphatic rings. The molecule has 162 valence electrons. The number of anilines is 1. The van der Waals surface area contributed by atoms with E-state index in [-0.39, 0.29) is 5.91 Å². The number of aromatic nitrogens is 1. The molecule has 0 aliphatic heterocycles. The first kappa shape index (κ1) is 21.5. The number of thiazole rings is 1. The average molecular weight is 457 g/mol. The largest absolute Gasteiger partial charge is 0.496 e. The Balaban J connectivity index is 1.42. The second-order valence-corrected chi connectivity index (χ2v) is 9.29. The Morgan fingerprint density at radius 3 is 2.81 bits per heavy atom. The van der Waals surface area contributed by atoms with E-state index in [4.69, 9.17) is 9.47 Å². The van der Waals surface area contributed by atoms with Gasteiger partial charge in [0, 0.05) is 15.8 Å². The van der Waals surface area contributed by atoms with E-state index < -0.39 is 12.1 Å². The summed E-state index contributed by atoms with van der Waals surface area (Å²) >= 11 is 2.80. The highest BCUT2D eigenvalue weighted by Crippen LogP contribution is 2.32. The number of aryl methyl sites for hydroxylation is 2. The molecule has 0 fully saturated rings. The average Bonchev–Trinajstić information content (AvgIpc) is 3.44. The zero-order valence-corrected chi connectivity index (χ0v) is 19.1. The molecule has 3 aromatic rings. The molecule has 0 bridgehead atoms. The Hall–Kier alpha value is -2.71. The van der Waals surface area contributed by atoms with Gasteiger partial charge in [-0.15, -0.1) is 22.7 Å². The van der Waals surface area contributed by atoms with Crippen LogP contribution in [0.4, 0.5) is 5.13 Å². The maximum Gasteiger partial charge on any atom is 0.349 e. The van der Waals surface area contributed by atoms with E-state index >= 15 is 0 Å². The van der Waals surface area contributed by atoms with Gasteiger partial charge in [-0.25, -0.2) is 9.78 Å². The SMILES string of the molecule is CCC(OC(=O)c1cc2c(s1)CCCC2)C(=O)Nc1nc(-c2ccccc2OC)cs1. The van der Waals surface area contributed by atoms with Gasteiger partial charge < -0.3 is 9.47 Å². The van der Waals surface area contributed by atoms with Crippen LogP contribution in [0.5, 0.6) is 5.75 Å². The van der Waals surface area contributed by atoms with E-state index in [1.54, 1.807) is 7.11 Å². The van der Waals surface area contributed by atoms with Crippen molar-refractivity contribution in [3.63, 3.8) is 0 Å². The van der Waals surface area contributed by atoms with E-state index in [1.165, 1.54) is 33.1 Å². The third kappa shape index (κ3) is 4.80. The zero-order valence-electron chi connectivity index (χ0n) is 17.5. The van der Waals surface area contributed by atoms with Crippen LogP contribution in [-0.4, -0.2) is 30.1 Å². The van der Waals surface area contributed by atoms with Crippen LogP contribution in [-0.2, 0) is 22.4 Å². The van der Waals surface area contributed by atoms with Gasteiger partial charge in [0.1, 0.15) is 10.6 Å². The number of esters is 1. The quantitative estimate of drug-likeness (QED) is 0.486. The van der Waals surface area contributed by atoms with Gasteiger partial charge in [-0.3, -0.25) is 10.1 Å².